The predicted molar refractivity (Wildman–Crippen MR) is 151 cm³/mol. The SMILES string of the molecule is Cc1cccc(N(c2ccccc2)c2ccc3c(c2)-c2c(ccc4c2oc2ccccc24)C3(C)C)c1. The van der Waals surface area contributed by atoms with Crippen molar-refractivity contribution in [3.8, 4) is 11.1 Å². The Morgan fingerprint density at radius 3 is 2.17 bits per heavy atom. The molecule has 1 aromatic heterocycles. The van der Waals surface area contributed by atoms with Gasteiger partial charge in [-0.3, -0.25) is 0 Å². The average molecular weight is 466 g/mol. The highest BCUT2D eigenvalue weighted by molar-refractivity contribution is 6.12. The number of nitrogens with zero attached hydrogens (tertiary/aromatic N) is 1. The second-order valence-corrected chi connectivity index (χ2v) is 10.3. The van der Waals surface area contributed by atoms with Gasteiger partial charge in [-0.25, -0.2) is 0 Å². The van der Waals surface area contributed by atoms with Crippen molar-refractivity contribution in [3.05, 3.63) is 126 Å². The van der Waals surface area contributed by atoms with E-state index in [-0.39, 0.29) is 5.41 Å². The lowest BCUT2D eigenvalue weighted by Crippen LogP contribution is -2.15. The Hall–Kier alpha value is -4.30. The number of aryl methyl sites for hydroxylation is 1. The highest BCUT2D eigenvalue weighted by atomic mass is 16.3. The summed E-state index contributed by atoms with van der Waals surface area (Å²) in [5.41, 5.74) is 11.6. The number of hydrogen-bond donors (Lipinski definition) is 0. The summed E-state index contributed by atoms with van der Waals surface area (Å²) >= 11 is 0. The molecule has 0 atom stereocenters. The van der Waals surface area contributed by atoms with Gasteiger partial charge in [0.15, 0.2) is 0 Å². The highest BCUT2D eigenvalue weighted by Gasteiger charge is 2.38. The molecule has 0 unspecified atom stereocenters. The minimum absolute atomic E-state index is 0.0999. The van der Waals surface area contributed by atoms with Crippen molar-refractivity contribution in [2.24, 2.45) is 0 Å². The van der Waals surface area contributed by atoms with Crippen molar-refractivity contribution in [2.45, 2.75) is 26.2 Å². The zero-order valence-corrected chi connectivity index (χ0v) is 20.7. The van der Waals surface area contributed by atoms with E-state index in [1.807, 2.05) is 6.07 Å². The highest BCUT2D eigenvalue weighted by Crippen LogP contribution is 2.53. The monoisotopic (exact) mass is 465 g/mol. The quantitative estimate of drug-likeness (QED) is 0.259. The van der Waals surface area contributed by atoms with E-state index in [9.17, 15) is 0 Å². The van der Waals surface area contributed by atoms with E-state index in [0.29, 0.717) is 0 Å². The average Bonchev–Trinajstić information content (AvgIpc) is 3.38. The van der Waals surface area contributed by atoms with E-state index in [1.54, 1.807) is 0 Å². The van der Waals surface area contributed by atoms with Gasteiger partial charge in [0, 0.05) is 38.8 Å². The van der Waals surface area contributed by atoms with Crippen LogP contribution < -0.4 is 4.90 Å². The lowest BCUT2D eigenvalue weighted by Gasteiger charge is -2.27. The van der Waals surface area contributed by atoms with Crippen LogP contribution in [-0.4, -0.2) is 0 Å². The van der Waals surface area contributed by atoms with Gasteiger partial charge in [0.05, 0.1) is 0 Å². The topological polar surface area (TPSA) is 16.4 Å². The van der Waals surface area contributed by atoms with Gasteiger partial charge < -0.3 is 9.32 Å². The Balaban J connectivity index is 1.50. The fourth-order valence-corrected chi connectivity index (χ4v) is 5.94. The molecule has 1 aliphatic carbocycles. The minimum atomic E-state index is -0.0999. The van der Waals surface area contributed by atoms with E-state index in [0.717, 1.165) is 28.2 Å². The van der Waals surface area contributed by atoms with Crippen LogP contribution in [0.4, 0.5) is 17.1 Å². The number of hydrogen-bond acceptors (Lipinski definition) is 2. The Morgan fingerprint density at radius 2 is 1.33 bits per heavy atom. The molecule has 0 amide bonds. The number of furan rings is 1. The molecule has 1 heterocycles. The molecule has 1 aliphatic rings. The van der Waals surface area contributed by atoms with Crippen LogP contribution in [-0.2, 0) is 5.41 Å². The van der Waals surface area contributed by atoms with Gasteiger partial charge in [-0.15, -0.1) is 0 Å². The zero-order valence-electron chi connectivity index (χ0n) is 20.7. The fraction of sp³-hybridized carbons (Fsp3) is 0.118. The Kier molecular flexibility index (Phi) is 4.44. The third kappa shape index (κ3) is 2.97. The molecule has 0 saturated heterocycles. The molecule has 174 valence electrons. The van der Waals surface area contributed by atoms with Gasteiger partial charge in [-0.1, -0.05) is 80.6 Å². The molecule has 6 aromatic rings. The molecule has 0 saturated carbocycles. The van der Waals surface area contributed by atoms with Gasteiger partial charge in [0.25, 0.3) is 0 Å². The summed E-state index contributed by atoms with van der Waals surface area (Å²) in [6.45, 7) is 6.79. The third-order valence-electron chi connectivity index (χ3n) is 7.70. The number of anilines is 3. The molecule has 0 N–H and O–H groups in total. The molecule has 36 heavy (non-hydrogen) atoms. The van der Waals surface area contributed by atoms with Crippen LogP contribution in [0, 0.1) is 6.92 Å². The van der Waals surface area contributed by atoms with Gasteiger partial charge >= 0.3 is 0 Å². The normalized spacial score (nSPS) is 13.6. The van der Waals surface area contributed by atoms with Gasteiger partial charge in [0.1, 0.15) is 11.2 Å². The van der Waals surface area contributed by atoms with Gasteiger partial charge in [-0.2, -0.15) is 0 Å². The summed E-state index contributed by atoms with van der Waals surface area (Å²) in [5, 5.41) is 2.35. The van der Waals surface area contributed by atoms with E-state index >= 15 is 0 Å². The maximum atomic E-state index is 6.52. The molecule has 7 rings (SSSR count). The first-order chi connectivity index (χ1) is 17.5. The van der Waals surface area contributed by atoms with E-state index in [1.165, 1.54) is 38.6 Å². The summed E-state index contributed by atoms with van der Waals surface area (Å²) in [6, 6.07) is 39.1. The van der Waals surface area contributed by atoms with Crippen LogP contribution in [0.5, 0.6) is 0 Å². The van der Waals surface area contributed by atoms with Crippen LogP contribution in [0.25, 0.3) is 33.1 Å². The molecular formula is C34H27NO. The lowest BCUT2D eigenvalue weighted by molar-refractivity contribution is 0.653. The summed E-state index contributed by atoms with van der Waals surface area (Å²) in [4.78, 5) is 2.34. The van der Waals surface area contributed by atoms with Crippen LogP contribution in [0.15, 0.2) is 114 Å². The second-order valence-electron chi connectivity index (χ2n) is 10.3. The molecule has 0 fully saturated rings. The second kappa shape index (κ2) is 7.60. The zero-order chi connectivity index (χ0) is 24.4. The standard InChI is InChI=1S/C34H27NO/c1-22-10-9-13-24(20-22)35(23-11-5-4-6-12-23)25-16-18-29-28(21-25)32-30(34(29,2)3)19-17-27-26-14-7-8-15-31(26)36-33(27)32/h4-21H,1-3H3. The Bertz CT molecular complexity index is 1770. The van der Waals surface area contributed by atoms with E-state index < -0.39 is 0 Å². The summed E-state index contributed by atoms with van der Waals surface area (Å²) < 4.78 is 6.52. The van der Waals surface area contributed by atoms with Crippen molar-refractivity contribution in [2.75, 3.05) is 4.90 Å². The van der Waals surface area contributed by atoms with Crippen LogP contribution in [0.3, 0.4) is 0 Å². The largest absolute Gasteiger partial charge is 0.455 e. The van der Waals surface area contributed by atoms with Crippen molar-refractivity contribution >= 4 is 39.0 Å². The van der Waals surface area contributed by atoms with Crippen LogP contribution >= 0.6 is 0 Å². The van der Waals surface area contributed by atoms with Gasteiger partial charge in [0.2, 0.25) is 0 Å². The number of benzene rings is 5. The number of rotatable bonds is 3. The lowest BCUT2D eigenvalue weighted by atomic mass is 9.82. The van der Waals surface area contributed by atoms with Crippen molar-refractivity contribution in [1.82, 2.24) is 0 Å². The van der Waals surface area contributed by atoms with Crippen molar-refractivity contribution in [1.29, 1.82) is 0 Å². The first-order valence-corrected chi connectivity index (χ1v) is 12.5. The van der Waals surface area contributed by atoms with Crippen LogP contribution in [0.2, 0.25) is 0 Å². The minimum Gasteiger partial charge on any atom is -0.455 e. The maximum absolute atomic E-state index is 6.52. The first-order valence-electron chi connectivity index (χ1n) is 12.5. The van der Waals surface area contributed by atoms with E-state index in [2.05, 4.69) is 129 Å². The Labute approximate surface area is 211 Å². The maximum Gasteiger partial charge on any atom is 0.143 e. The molecule has 0 radical (unpaired) electrons. The van der Waals surface area contributed by atoms with Crippen molar-refractivity contribution < 1.29 is 4.42 Å². The molecular weight excluding hydrogens is 438 g/mol. The van der Waals surface area contributed by atoms with E-state index in [4.69, 9.17) is 4.42 Å². The predicted octanol–water partition coefficient (Wildman–Crippen LogP) is 9.67. The molecule has 2 heteroatoms. The summed E-state index contributed by atoms with van der Waals surface area (Å²) in [6.07, 6.45) is 0. The molecule has 2 nitrogen and oxygen atoms in total. The number of fused-ring (bicyclic) bond motifs is 7. The fourth-order valence-electron chi connectivity index (χ4n) is 5.94. The smallest absolute Gasteiger partial charge is 0.143 e. The molecule has 0 spiro atoms. The third-order valence-corrected chi connectivity index (χ3v) is 7.70. The summed E-state index contributed by atoms with van der Waals surface area (Å²) in [5.74, 6) is 0. The van der Waals surface area contributed by atoms with Crippen LogP contribution in [0.1, 0.15) is 30.5 Å². The number of para-hydroxylation sites is 2. The Morgan fingerprint density at radius 1 is 0.611 bits per heavy atom. The first kappa shape index (κ1) is 21.0. The molecule has 5 aromatic carbocycles. The van der Waals surface area contributed by atoms with Gasteiger partial charge in [-0.05, 0) is 71.6 Å². The van der Waals surface area contributed by atoms with Crippen molar-refractivity contribution in [3.63, 3.8) is 0 Å². The molecule has 0 bridgehead atoms. The summed E-state index contributed by atoms with van der Waals surface area (Å²) in [7, 11) is 0. The molecule has 0 aliphatic heterocycles.